The van der Waals surface area contributed by atoms with E-state index in [9.17, 15) is 33.6 Å². The third kappa shape index (κ3) is 5.60. The third-order valence-corrected chi connectivity index (χ3v) is 16.0. The lowest BCUT2D eigenvalue weighted by Gasteiger charge is -2.62. The molecule has 10 rings (SSSR count). The van der Waals surface area contributed by atoms with E-state index >= 15 is 0 Å². The van der Waals surface area contributed by atoms with Crippen molar-refractivity contribution in [3.63, 3.8) is 0 Å². The molecule has 4 saturated carbocycles. The van der Waals surface area contributed by atoms with Crippen LogP contribution in [0.1, 0.15) is 157 Å². The molecule has 0 radical (unpaired) electrons. The van der Waals surface area contributed by atoms with Gasteiger partial charge in [-0.05, 0) is 124 Å². The maximum atomic E-state index is 14.2. The summed E-state index contributed by atoms with van der Waals surface area (Å²) in [6, 6.07) is 22.6. The summed E-state index contributed by atoms with van der Waals surface area (Å²) in [5, 5.41) is 0. The lowest BCUT2D eigenvalue weighted by Crippen LogP contribution is -2.59. The van der Waals surface area contributed by atoms with Crippen molar-refractivity contribution in [1.82, 2.24) is 0 Å². The van der Waals surface area contributed by atoms with Gasteiger partial charge in [-0.25, -0.2) is 9.59 Å². The first-order valence-electron chi connectivity index (χ1n) is 21.4. The van der Waals surface area contributed by atoms with Gasteiger partial charge in [-0.1, -0.05) is 62.4 Å². The maximum Gasteiger partial charge on any atom is 0.338 e. The highest BCUT2D eigenvalue weighted by atomic mass is 16.5. The molecular formula is C51H46O9. The minimum Gasteiger partial charge on any atom is -0.459 e. The highest BCUT2D eigenvalue weighted by Crippen LogP contribution is 2.68. The number of hydrogen-bond acceptors (Lipinski definition) is 9. The van der Waals surface area contributed by atoms with Crippen molar-refractivity contribution in [1.29, 1.82) is 0 Å². The molecule has 6 aliphatic carbocycles. The van der Waals surface area contributed by atoms with Crippen LogP contribution < -0.4 is 0 Å². The zero-order chi connectivity index (χ0) is 41.8. The number of esters is 2. The number of hydrogen-bond donors (Lipinski definition) is 0. The minimum absolute atomic E-state index is 0.109. The molecule has 0 aliphatic heterocycles. The third-order valence-electron chi connectivity index (χ3n) is 16.0. The highest BCUT2D eigenvalue weighted by molar-refractivity contribution is 6.29. The van der Waals surface area contributed by atoms with Crippen molar-refractivity contribution in [3.05, 3.63) is 141 Å². The van der Waals surface area contributed by atoms with Gasteiger partial charge in [-0.3, -0.25) is 24.0 Å². The molecule has 9 atom stereocenters. The molecule has 6 aliphatic rings. The van der Waals surface area contributed by atoms with Gasteiger partial charge in [-0.2, -0.15) is 0 Å². The Hall–Kier alpha value is -5.83. The molecule has 0 amide bonds. The van der Waals surface area contributed by atoms with E-state index in [4.69, 9.17) is 9.47 Å². The second kappa shape index (κ2) is 13.9. The van der Waals surface area contributed by atoms with Crippen LogP contribution in [-0.4, -0.2) is 53.1 Å². The number of Topliss-reactive ketones (excluding diaryl/α,β-unsaturated/α-hetero) is 1. The number of ketones is 5. The molecule has 4 aromatic rings. The number of ether oxygens (including phenoxy) is 2. The standard InChI is InChI=1S/C51H46O9/c1-26(52)40-18-19-41-37-17-14-29-24-30(59-48(57)27-12-15-35-38(22-27)46(55)33-10-6-4-8-31(33)44(35)53)20-21-50(29,2)42(37)25-43(51(40,41)3)60-49(58)28-13-16-36-39(23-28)47(56)34-11-7-5-9-32(34)45(36)54/h4-13,15-16,22-23,29-30,37,40-43H,14,17-21,24-25H2,1-3H3/t29-,30-,37+,40+,41-,42-,43-,50+,51-/m1/s1. The number of carbonyl (C=O) groups is 7. The SMILES string of the molecule is CC(=O)[C@@H]1CC[C@@H]2[C@@H]3CC[C@@H]4C[C@H](OC(=O)c5ccc6c(c5)C(=O)c5ccccc5C6=O)CC[C@]4(C)[C@@H]3C[C@@H](OC(=O)c3ccc4c(c3)C(=O)c3ccccc3C4=O)[C@@]21C. The van der Waals surface area contributed by atoms with Crippen molar-refractivity contribution in [2.45, 2.75) is 84.3 Å². The first-order valence-corrected chi connectivity index (χ1v) is 21.4. The van der Waals surface area contributed by atoms with Gasteiger partial charge in [0.25, 0.3) is 0 Å². The Morgan fingerprint density at radius 1 is 0.550 bits per heavy atom. The topological polar surface area (TPSA) is 138 Å². The molecule has 60 heavy (non-hydrogen) atoms. The average molecular weight is 803 g/mol. The summed E-state index contributed by atoms with van der Waals surface area (Å²) in [7, 11) is 0. The summed E-state index contributed by atoms with van der Waals surface area (Å²) < 4.78 is 12.7. The Kier molecular flexibility index (Phi) is 8.87. The fourth-order valence-electron chi connectivity index (χ4n) is 13.0. The molecule has 0 heterocycles. The summed E-state index contributed by atoms with van der Waals surface area (Å²) in [5.41, 5.74) is 2.06. The summed E-state index contributed by atoms with van der Waals surface area (Å²) in [6.45, 7) is 6.14. The Balaban J connectivity index is 0.881. The lowest BCUT2D eigenvalue weighted by atomic mass is 9.44. The van der Waals surface area contributed by atoms with Crippen LogP contribution in [0.4, 0.5) is 0 Å². The van der Waals surface area contributed by atoms with E-state index in [1.165, 1.54) is 12.1 Å². The largest absolute Gasteiger partial charge is 0.459 e. The summed E-state index contributed by atoms with van der Waals surface area (Å²) in [4.78, 5) is 94.5. The van der Waals surface area contributed by atoms with Crippen LogP contribution in [0.5, 0.6) is 0 Å². The van der Waals surface area contributed by atoms with Crippen molar-refractivity contribution in [3.8, 4) is 0 Å². The van der Waals surface area contributed by atoms with E-state index in [0.29, 0.717) is 47.4 Å². The molecule has 4 aromatic carbocycles. The van der Waals surface area contributed by atoms with Gasteiger partial charge in [0.15, 0.2) is 23.1 Å². The monoisotopic (exact) mass is 802 g/mol. The normalized spacial score (nSPS) is 31.0. The van der Waals surface area contributed by atoms with E-state index in [0.717, 1.165) is 32.1 Å². The number of carbonyl (C=O) groups excluding carboxylic acids is 7. The number of fused-ring (bicyclic) bond motifs is 9. The van der Waals surface area contributed by atoms with Gasteiger partial charge in [0, 0.05) is 55.8 Å². The van der Waals surface area contributed by atoms with Crippen molar-refractivity contribution >= 4 is 40.9 Å². The van der Waals surface area contributed by atoms with E-state index in [2.05, 4.69) is 13.8 Å². The van der Waals surface area contributed by atoms with Crippen LogP contribution in [0.3, 0.4) is 0 Å². The van der Waals surface area contributed by atoms with Crippen molar-refractivity contribution < 1.29 is 43.0 Å². The molecule has 304 valence electrons. The van der Waals surface area contributed by atoms with E-state index in [-0.39, 0.29) is 97.5 Å². The zero-order valence-corrected chi connectivity index (χ0v) is 34.0. The second-order valence-corrected chi connectivity index (χ2v) is 18.6. The van der Waals surface area contributed by atoms with Crippen LogP contribution in [0.25, 0.3) is 0 Å². The molecule has 0 bridgehead atoms. The Labute approximate surface area is 348 Å². The first-order chi connectivity index (χ1) is 28.8. The number of benzene rings is 4. The maximum absolute atomic E-state index is 14.2. The summed E-state index contributed by atoms with van der Waals surface area (Å²) in [6.07, 6.45) is 5.47. The van der Waals surface area contributed by atoms with E-state index in [1.807, 2.05) is 0 Å². The Bertz CT molecular complexity index is 2600. The molecule has 0 saturated heterocycles. The zero-order valence-electron chi connectivity index (χ0n) is 34.0. The fourth-order valence-corrected chi connectivity index (χ4v) is 13.0. The van der Waals surface area contributed by atoms with Crippen LogP contribution in [-0.2, 0) is 14.3 Å². The predicted molar refractivity (Wildman–Crippen MR) is 219 cm³/mol. The second-order valence-electron chi connectivity index (χ2n) is 18.6. The Morgan fingerprint density at radius 3 is 1.58 bits per heavy atom. The molecule has 0 aromatic heterocycles. The van der Waals surface area contributed by atoms with Crippen LogP contribution in [0.15, 0.2) is 84.9 Å². The molecule has 9 heteroatoms. The van der Waals surface area contributed by atoms with Gasteiger partial charge >= 0.3 is 11.9 Å². The van der Waals surface area contributed by atoms with E-state index in [1.54, 1.807) is 79.7 Å². The van der Waals surface area contributed by atoms with Crippen LogP contribution in [0, 0.1) is 40.4 Å². The van der Waals surface area contributed by atoms with E-state index < -0.39 is 23.5 Å². The smallest absolute Gasteiger partial charge is 0.338 e. The van der Waals surface area contributed by atoms with Crippen LogP contribution >= 0.6 is 0 Å². The predicted octanol–water partition coefficient (Wildman–Crippen LogP) is 8.85. The van der Waals surface area contributed by atoms with Gasteiger partial charge in [0.05, 0.1) is 11.1 Å². The Morgan fingerprint density at radius 2 is 1.05 bits per heavy atom. The van der Waals surface area contributed by atoms with Crippen molar-refractivity contribution in [2.75, 3.05) is 0 Å². The van der Waals surface area contributed by atoms with Gasteiger partial charge in [0.2, 0.25) is 0 Å². The van der Waals surface area contributed by atoms with Gasteiger partial charge < -0.3 is 9.47 Å². The van der Waals surface area contributed by atoms with Crippen molar-refractivity contribution in [2.24, 2.45) is 40.4 Å². The molecule has 0 spiro atoms. The first kappa shape index (κ1) is 38.4. The summed E-state index contributed by atoms with van der Waals surface area (Å²) in [5.74, 6) is -1.32. The fraction of sp³-hybridized carbons (Fsp3) is 0.392. The molecular weight excluding hydrogens is 757 g/mol. The minimum atomic E-state index is -0.569. The number of rotatable bonds is 5. The van der Waals surface area contributed by atoms with Gasteiger partial charge in [0.1, 0.15) is 18.0 Å². The average Bonchev–Trinajstić information content (AvgIpc) is 3.63. The highest BCUT2D eigenvalue weighted by Gasteiger charge is 2.65. The molecule has 9 nitrogen and oxygen atoms in total. The van der Waals surface area contributed by atoms with Gasteiger partial charge in [-0.15, -0.1) is 0 Å². The molecule has 0 N–H and O–H groups in total. The lowest BCUT2D eigenvalue weighted by molar-refractivity contribution is -0.175. The molecule has 0 unspecified atom stereocenters. The summed E-state index contributed by atoms with van der Waals surface area (Å²) >= 11 is 0. The quantitative estimate of drug-likeness (QED) is 0.157. The molecule has 4 fully saturated rings. The van der Waals surface area contributed by atoms with Crippen LogP contribution in [0.2, 0.25) is 0 Å².